The van der Waals surface area contributed by atoms with Gasteiger partial charge in [-0.2, -0.15) is 0 Å². The number of aromatic nitrogens is 1. The highest BCUT2D eigenvalue weighted by Gasteiger charge is 2.32. The van der Waals surface area contributed by atoms with Gasteiger partial charge in [-0.05, 0) is 69.8 Å². The SMILES string of the molecule is Cc1ccc(F)c2cc(C(=O)Nc3cccc(N4CCC(O)(CN(C)C)CC4)c3)[nH]c12. The van der Waals surface area contributed by atoms with Crippen LogP contribution in [0.15, 0.2) is 42.5 Å². The van der Waals surface area contributed by atoms with Gasteiger partial charge in [-0.25, -0.2) is 4.39 Å². The molecule has 1 aliphatic heterocycles. The van der Waals surface area contributed by atoms with E-state index in [1.807, 2.05) is 50.2 Å². The number of halogens is 1. The lowest BCUT2D eigenvalue weighted by atomic mass is 9.90. The van der Waals surface area contributed by atoms with E-state index in [1.54, 1.807) is 12.1 Å². The summed E-state index contributed by atoms with van der Waals surface area (Å²) in [6.07, 6.45) is 1.39. The number of rotatable bonds is 5. The van der Waals surface area contributed by atoms with Crippen molar-refractivity contribution in [2.45, 2.75) is 25.4 Å². The molecule has 31 heavy (non-hydrogen) atoms. The third-order valence-electron chi connectivity index (χ3n) is 5.97. The number of nitrogens with one attached hydrogen (secondary N) is 2. The number of amides is 1. The Morgan fingerprint density at radius 3 is 2.65 bits per heavy atom. The third-order valence-corrected chi connectivity index (χ3v) is 5.97. The molecule has 1 aromatic heterocycles. The number of nitrogens with zero attached hydrogens (tertiary/aromatic N) is 2. The summed E-state index contributed by atoms with van der Waals surface area (Å²) < 4.78 is 14.1. The van der Waals surface area contributed by atoms with Gasteiger partial charge < -0.3 is 25.2 Å². The van der Waals surface area contributed by atoms with E-state index in [4.69, 9.17) is 0 Å². The Kier molecular flexibility index (Phi) is 5.73. The largest absolute Gasteiger partial charge is 0.388 e. The number of aryl methyl sites for hydroxylation is 1. The van der Waals surface area contributed by atoms with Gasteiger partial charge in [0, 0.05) is 36.4 Å². The lowest BCUT2D eigenvalue weighted by Gasteiger charge is -2.40. The van der Waals surface area contributed by atoms with E-state index in [9.17, 15) is 14.3 Å². The minimum atomic E-state index is -0.658. The van der Waals surface area contributed by atoms with Crippen LogP contribution in [0.25, 0.3) is 10.9 Å². The van der Waals surface area contributed by atoms with Crippen molar-refractivity contribution in [2.75, 3.05) is 43.9 Å². The van der Waals surface area contributed by atoms with Gasteiger partial charge in [0.2, 0.25) is 0 Å². The molecule has 3 aromatic rings. The van der Waals surface area contributed by atoms with Crippen LogP contribution < -0.4 is 10.2 Å². The lowest BCUT2D eigenvalue weighted by Crippen LogP contribution is -2.49. The summed E-state index contributed by atoms with van der Waals surface area (Å²) in [6, 6.07) is 12.3. The van der Waals surface area contributed by atoms with Crippen molar-refractivity contribution in [3.8, 4) is 0 Å². The van der Waals surface area contributed by atoms with E-state index in [1.165, 1.54) is 6.07 Å². The number of likely N-dealkylation sites (N-methyl/N-ethyl adjacent to an activating group) is 1. The van der Waals surface area contributed by atoms with Crippen LogP contribution in [0.1, 0.15) is 28.9 Å². The minimum Gasteiger partial charge on any atom is -0.388 e. The molecule has 1 amide bonds. The fourth-order valence-corrected chi connectivity index (χ4v) is 4.35. The van der Waals surface area contributed by atoms with Gasteiger partial charge in [-0.1, -0.05) is 12.1 Å². The number of anilines is 2. The zero-order valence-corrected chi connectivity index (χ0v) is 18.2. The van der Waals surface area contributed by atoms with Gasteiger partial charge in [0.1, 0.15) is 11.5 Å². The summed E-state index contributed by atoms with van der Waals surface area (Å²) >= 11 is 0. The molecule has 3 N–H and O–H groups in total. The van der Waals surface area contributed by atoms with Gasteiger partial charge in [0.25, 0.3) is 5.91 Å². The van der Waals surface area contributed by atoms with Gasteiger partial charge in [0.15, 0.2) is 0 Å². The molecule has 6 nitrogen and oxygen atoms in total. The highest BCUT2D eigenvalue weighted by atomic mass is 19.1. The molecule has 0 saturated carbocycles. The van der Waals surface area contributed by atoms with E-state index in [0.717, 1.165) is 24.3 Å². The summed E-state index contributed by atoms with van der Waals surface area (Å²) in [4.78, 5) is 20.0. The normalized spacial score (nSPS) is 16.1. The molecule has 0 spiro atoms. The van der Waals surface area contributed by atoms with Crippen LogP contribution in [-0.2, 0) is 0 Å². The maximum Gasteiger partial charge on any atom is 0.272 e. The Balaban J connectivity index is 1.46. The smallest absolute Gasteiger partial charge is 0.272 e. The van der Waals surface area contributed by atoms with Crippen LogP contribution in [-0.4, -0.2) is 60.2 Å². The molecule has 7 heteroatoms. The van der Waals surface area contributed by atoms with Crippen LogP contribution in [0.4, 0.5) is 15.8 Å². The topological polar surface area (TPSA) is 71.6 Å². The van der Waals surface area contributed by atoms with Crippen LogP contribution in [0, 0.1) is 12.7 Å². The summed E-state index contributed by atoms with van der Waals surface area (Å²) in [7, 11) is 3.94. The van der Waals surface area contributed by atoms with Crippen LogP contribution >= 0.6 is 0 Å². The average molecular weight is 425 g/mol. The van der Waals surface area contributed by atoms with Gasteiger partial charge >= 0.3 is 0 Å². The average Bonchev–Trinajstić information content (AvgIpc) is 3.18. The van der Waals surface area contributed by atoms with Gasteiger partial charge in [0.05, 0.1) is 11.1 Å². The number of hydrogen-bond donors (Lipinski definition) is 3. The maximum absolute atomic E-state index is 14.1. The number of aromatic amines is 1. The van der Waals surface area contributed by atoms with Gasteiger partial charge in [-0.3, -0.25) is 4.79 Å². The van der Waals surface area contributed by atoms with E-state index < -0.39 is 5.60 Å². The van der Waals surface area contributed by atoms with Crippen molar-refractivity contribution in [3.63, 3.8) is 0 Å². The lowest BCUT2D eigenvalue weighted by molar-refractivity contribution is -0.00537. The first-order valence-electron chi connectivity index (χ1n) is 10.6. The van der Waals surface area contributed by atoms with Crippen molar-refractivity contribution in [3.05, 3.63) is 59.5 Å². The molecule has 0 radical (unpaired) electrons. The summed E-state index contributed by atoms with van der Waals surface area (Å²) in [5.74, 6) is -0.664. The van der Waals surface area contributed by atoms with Crippen LogP contribution in [0.2, 0.25) is 0 Å². The fraction of sp³-hybridized carbons (Fsp3) is 0.375. The Hall–Kier alpha value is -2.90. The van der Waals surface area contributed by atoms with E-state index in [0.29, 0.717) is 41.7 Å². The molecule has 2 heterocycles. The summed E-state index contributed by atoms with van der Waals surface area (Å²) in [6.45, 7) is 4.04. The molecule has 1 fully saturated rings. The molecular weight excluding hydrogens is 395 g/mol. The number of fused-ring (bicyclic) bond motifs is 1. The second-order valence-electron chi connectivity index (χ2n) is 8.79. The van der Waals surface area contributed by atoms with Crippen molar-refractivity contribution in [1.29, 1.82) is 0 Å². The van der Waals surface area contributed by atoms with Crippen molar-refractivity contribution < 1.29 is 14.3 Å². The molecule has 2 aromatic carbocycles. The fourth-order valence-electron chi connectivity index (χ4n) is 4.35. The third kappa shape index (κ3) is 4.57. The predicted octanol–water partition coefficient (Wildman–Crippen LogP) is 3.76. The number of carbonyl (C=O) groups excluding carboxylic acids is 1. The molecule has 0 atom stereocenters. The highest BCUT2D eigenvalue weighted by Crippen LogP contribution is 2.29. The zero-order chi connectivity index (χ0) is 22.2. The Bertz CT molecular complexity index is 1060. The monoisotopic (exact) mass is 424 g/mol. The van der Waals surface area contributed by atoms with Crippen molar-refractivity contribution in [2.24, 2.45) is 0 Å². The molecule has 0 aliphatic carbocycles. The second kappa shape index (κ2) is 8.32. The molecular formula is C24H29FN4O2. The van der Waals surface area contributed by atoms with E-state index in [-0.39, 0.29) is 11.7 Å². The number of aliphatic hydroxyl groups is 1. The first-order valence-corrected chi connectivity index (χ1v) is 10.6. The molecule has 164 valence electrons. The molecule has 4 rings (SSSR count). The molecule has 1 saturated heterocycles. The summed E-state index contributed by atoms with van der Waals surface area (Å²) in [5, 5.41) is 14.1. The Labute approximate surface area is 181 Å². The predicted molar refractivity (Wildman–Crippen MR) is 122 cm³/mol. The quantitative estimate of drug-likeness (QED) is 0.583. The zero-order valence-electron chi connectivity index (χ0n) is 18.2. The van der Waals surface area contributed by atoms with Crippen LogP contribution in [0.5, 0.6) is 0 Å². The first kappa shape index (κ1) is 21.3. The molecule has 0 bridgehead atoms. The number of hydrogen-bond acceptors (Lipinski definition) is 4. The van der Waals surface area contributed by atoms with E-state index in [2.05, 4.69) is 15.2 Å². The van der Waals surface area contributed by atoms with Crippen LogP contribution in [0.3, 0.4) is 0 Å². The number of H-pyrrole nitrogens is 1. The number of benzene rings is 2. The highest BCUT2D eigenvalue weighted by molar-refractivity contribution is 6.06. The molecule has 0 unspecified atom stereocenters. The maximum atomic E-state index is 14.1. The summed E-state index contributed by atoms with van der Waals surface area (Å²) in [5.41, 5.74) is 2.86. The second-order valence-corrected chi connectivity index (χ2v) is 8.79. The Morgan fingerprint density at radius 1 is 1.23 bits per heavy atom. The molecule has 1 aliphatic rings. The minimum absolute atomic E-state index is 0.314. The van der Waals surface area contributed by atoms with Gasteiger partial charge in [-0.15, -0.1) is 0 Å². The van der Waals surface area contributed by atoms with Crippen molar-refractivity contribution in [1.82, 2.24) is 9.88 Å². The van der Waals surface area contributed by atoms with Crippen molar-refractivity contribution >= 4 is 28.2 Å². The Morgan fingerprint density at radius 2 is 1.97 bits per heavy atom. The number of piperidine rings is 1. The first-order chi connectivity index (χ1) is 14.7. The number of carbonyl (C=O) groups is 1. The standard InChI is InChI=1S/C24H29FN4O2/c1-16-7-8-20(25)19-14-21(27-22(16)19)23(30)26-17-5-4-6-18(13-17)29-11-9-24(31,10-12-29)15-28(2)3/h4-8,13-14,27,31H,9-12,15H2,1-3H3,(H,26,30). The van der Waals surface area contributed by atoms with E-state index >= 15 is 0 Å².